The van der Waals surface area contributed by atoms with Crippen LogP contribution in [0.25, 0.3) is 0 Å². The maximum atomic E-state index is 10.6. The van der Waals surface area contributed by atoms with Gasteiger partial charge in [-0.3, -0.25) is 0 Å². The third kappa shape index (κ3) is 9.40. The van der Waals surface area contributed by atoms with Gasteiger partial charge in [0.2, 0.25) is 10.0 Å². The molecule has 3 N–H and O–H groups in total. The predicted octanol–water partition coefficient (Wildman–Crippen LogP) is 1.36. The molecule has 1 aromatic rings. The van der Waals surface area contributed by atoms with Gasteiger partial charge in [-0.1, -0.05) is 32.0 Å². The van der Waals surface area contributed by atoms with Gasteiger partial charge in [0.15, 0.2) is 0 Å². The molecular formula is C10H19NO3S. The molecule has 0 saturated carbocycles. The third-order valence-corrected chi connectivity index (χ3v) is 2.00. The fraction of sp³-hybridized carbons (Fsp3) is 0.400. The van der Waals surface area contributed by atoms with Gasteiger partial charge in [-0.2, -0.15) is 0 Å². The lowest BCUT2D eigenvalue weighted by Gasteiger charge is -1.93. The lowest BCUT2D eigenvalue weighted by Crippen LogP contribution is -2.11. The number of hydrogen-bond donors (Lipinski definition) is 2. The molecule has 1 aromatic carbocycles. The highest BCUT2D eigenvalue weighted by Crippen LogP contribution is 2.02. The van der Waals surface area contributed by atoms with Crippen molar-refractivity contribution in [2.24, 2.45) is 5.14 Å². The zero-order valence-electron chi connectivity index (χ0n) is 9.34. The Bertz CT molecular complexity index is 322. The van der Waals surface area contributed by atoms with Crippen molar-refractivity contribution in [3.8, 4) is 0 Å². The van der Waals surface area contributed by atoms with E-state index in [9.17, 15) is 8.42 Å². The molecule has 15 heavy (non-hydrogen) atoms. The highest BCUT2D eigenvalue weighted by molar-refractivity contribution is 7.89. The Hall–Kier alpha value is -0.910. The minimum atomic E-state index is -3.50. The second-order valence-electron chi connectivity index (χ2n) is 2.17. The first-order chi connectivity index (χ1) is 7.02. The van der Waals surface area contributed by atoms with E-state index in [-0.39, 0.29) is 11.5 Å². The van der Waals surface area contributed by atoms with Crippen molar-refractivity contribution in [2.75, 3.05) is 6.61 Å². The van der Waals surface area contributed by atoms with Crippen molar-refractivity contribution >= 4 is 10.0 Å². The summed E-state index contributed by atoms with van der Waals surface area (Å²) >= 11 is 0. The van der Waals surface area contributed by atoms with Gasteiger partial charge in [0.05, 0.1) is 4.90 Å². The van der Waals surface area contributed by atoms with E-state index in [1.165, 1.54) is 12.1 Å². The van der Waals surface area contributed by atoms with Gasteiger partial charge in [-0.15, -0.1) is 0 Å². The summed E-state index contributed by atoms with van der Waals surface area (Å²) < 4.78 is 21.2. The van der Waals surface area contributed by atoms with Crippen LogP contribution >= 0.6 is 0 Å². The van der Waals surface area contributed by atoms with Crippen molar-refractivity contribution in [2.45, 2.75) is 25.7 Å². The summed E-state index contributed by atoms with van der Waals surface area (Å²) in [7, 11) is -3.50. The molecule has 0 unspecified atom stereocenters. The minimum Gasteiger partial charge on any atom is -0.397 e. The van der Waals surface area contributed by atoms with E-state index >= 15 is 0 Å². The molecule has 0 aliphatic carbocycles. The fourth-order valence-corrected chi connectivity index (χ4v) is 1.15. The smallest absolute Gasteiger partial charge is 0.238 e. The molecular weight excluding hydrogens is 214 g/mol. The Balaban J connectivity index is 0. The van der Waals surface area contributed by atoms with Crippen LogP contribution in [0.2, 0.25) is 0 Å². The molecule has 4 nitrogen and oxygen atoms in total. The van der Waals surface area contributed by atoms with Crippen molar-refractivity contribution in [3.63, 3.8) is 0 Å². The topological polar surface area (TPSA) is 80.4 Å². The van der Waals surface area contributed by atoms with E-state index in [1.807, 2.05) is 13.8 Å². The molecule has 0 spiro atoms. The van der Waals surface area contributed by atoms with E-state index in [0.717, 1.165) is 0 Å². The summed E-state index contributed by atoms with van der Waals surface area (Å²) in [6.07, 6.45) is 0. The molecule has 0 radical (unpaired) electrons. The lowest BCUT2D eigenvalue weighted by molar-refractivity contribution is 0.318. The van der Waals surface area contributed by atoms with Crippen molar-refractivity contribution in [1.82, 2.24) is 0 Å². The van der Waals surface area contributed by atoms with Gasteiger partial charge < -0.3 is 5.11 Å². The number of aliphatic hydroxyl groups excluding tert-OH is 1. The number of hydrogen-bond acceptors (Lipinski definition) is 3. The number of aliphatic hydroxyl groups is 1. The van der Waals surface area contributed by atoms with Gasteiger partial charge >= 0.3 is 0 Å². The SMILES string of the molecule is CC.CCO.NS(=O)(=O)c1ccccc1. The summed E-state index contributed by atoms with van der Waals surface area (Å²) in [5.74, 6) is 0. The number of benzene rings is 1. The average molecular weight is 233 g/mol. The molecule has 0 aliphatic heterocycles. The van der Waals surface area contributed by atoms with Crippen LogP contribution < -0.4 is 5.14 Å². The Morgan fingerprint density at radius 3 is 1.73 bits per heavy atom. The van der Waals surface area contributed by atoms with Gasteiger partial charge in [-0.25, -0.2) is 13.6 Å². The Kier molecular flexibility index (Phi) is 10.6. The molecule has 1 rings (SSSR count). The van der Waals surface area contributed by atoms with Crippen LogP contribution in [-0.4, -0.2) is 20.1 Å². The second kappa shape index (κ2) is 9.64. The zero-order valence-corrected chi connectivity index (χ0v) is 10.2. The maximum Gasteiger partial charge on any atom is 0.238 e. The van der Waals surface area contributed by atoms with E-state index < -0.39 is 10.0 Å². The molecule has 0 bridgehead atoms. The van der Waals surface area contributed by atoms with Crippen molar-refractivity contribution in [1.29, 1.82) is 0 Å². The van der Waals surface area contributed by atoms with Crippen LogP contribution in [0.3, 0.4) is 0 Å². The van der Waals surface area contributed by atoms with E-state index in [0.29, 0.717) is 0 Å². The molecule has 0 fully saturated rings. The fourth-order valence-electron chi connectivity index (χ4n) is 0.610. The Morgan fingerprint density at radius 1 is 1.20 bits per heavy atom. The van der Waals surface area contributed by atoms with Crippen LogP contribution in [-0.2, 0) is 10.0 Å². The van der Waals surface area contributed by atoms with Gasteiger partial charge in [0.1, 0.15) is 0 Å². The number of primary sulfonamides is 1. The van der Waals surface area contributed by atoms with Crippen LogP contribution in [0.5, 0.6) is 0 Å². The summed E-state index contributed by atoms with van der Waals surface area (Å²) in [5, 5.41) is 12.4. The first-order valence-electron chi connectivity index (χ1n) is 4.71. The monoisotopic (exact) mass is 233 g/mol. The minimum absolute atomic E-state index is 0.148. The molecule has 5 heteroatoms. The van der Waals surface area contributed by atoms with E-state index in [2.05, 4.69) is 0 Å². The quantitative estimate of drug-likeness (QED) is 0.768. The number of sulfonamides is 1. The largest absolute Gasteiger partial charge is 0.397 e. The molecule has 88 valence electrons. The Morgan fingerprint density at radius 2 is 1.53 bits per heavy atom. The van der Waals surface area contributed by atoms with Crippen molar-refractivity contribution < 1.29 is 13.5 Å². The van der Waals surface area contributed by atoms with Gasteiger partial charge in [0, 0.05) is 6.61 Å². The summed E-state index contributed by atoms with van der Waals surface area (Å²) in [5.41, 5.74) is 0. The van der Waals surface area contributed by atoms with Gasteiger partial charge in [-0.05, 0) is 19.1 Å². The molecule has 0 amide bonds. The molecule has 0 aromatic heterocycles. The van der Waals surface area contributed by atoms with Gasteiger partial charge in [0.25, 0.3) is 0 Å². The third-order valence-electron chi connectivity index (χ3n) is 1.07. The first-order valence-corrected chi connectivity index (χ1v) is 6.25. The average Bonchev–Trinajstić information content (AvgIpc) is 2.22. The van der Waals surface area contributed by atoms with Crippen LogP contribution in [0, 0.1) is 0 Å². The molecule has 0 heterocycles. The second-order valence-corrected chi connectivity index (χ2v) is 3.74. The molecule has 0 atom stereocenters. The zero-order chi connectivity index (χ0) is 12.3. The standard InChI is InChI=1S/C6H7NO2S.C2H6O.C2H6/c7-10(8,9)6-4-2-1-3-5-6;1-2-3;1-2/h1-5H,(H2,7,8,9);3H,2H2,1H3;1-2H3. The summed E-state index contributed by atoms with van der Waals surface area (Å²) in [6, 6.07) is 7.89. The lowest BCUT2D eigenvalue weighted by atomic mass is 10.4. The van der Waals surface area contributed by atoms with E-state index in [1.54, 1.807) is 25.1 Å². The Labute approximate surface area is 91.8 Å². The predicted molar refractivity (Wildman–Crippen MR) is 61.9 cm³/mol. The molecule has 0 saturated heterocycles. The van der Waals surface area contributed by atoms with Crippen LogP contribution in [0.4, 0.5) is 0 Å². The maximum absolute atomic E-state index is 10.6. The highest BCUT2D eigenvalue weighted by Gasteiger charge is 2.03. The normalized spacial score (nSPS) is 9.13. The summed E-state index contributed by atoms with van der Waals surface area (Å²) in [4.78, 5) is 0.148. The number of rotatable bonds is 1. The van der Waals surface area contributed by atoms with Crippen LogP contribution in [0.1, 0.15) is 20.8 Å². The number of nitrogens with two attached hydrogens (primary N) is 1. The summed E-state index contributed by atoms with van der Waals surface area (Å²) in [6.45, 7) is 5.93. The highest BCUT2D eigenvalue weighted by atomic mass is 32.2. The molecule has 0 aliphatic rings. The first kappa shape index (κ1) is 16.5. The van der Waals surface area contributed by atoms with Crippen LogP contribution in [0.15, 0.2) is 35.2 Å². The van der Waals surface area contributed by atoms with E-state index in [4.69, 9.17) is 10.2 Å². The van der Waals surface area contributed by atoms with Crippen molar-refractivity contribution in [3.05, 3.63) is 30.3 Å².